The number of hydrogen-bond donors (Lipinski definition) is 3. The number of amides is 1. The molecule has 122 valence electrons. The van der Waals surface area contributed by atoms with Gasteiger partial charge in [-0.3, -0.25) is 4.79 Å². The predicted octanol–water partition coefficient (Wildman–Crippen LogP) is 1.45. The number of carbonyl (C=O) groups is 1. The first-order chi connectivity index (χ1) is 10.6. The molecule has 1 aliphatic rings. The predicted molar refractivity (Wildman–Crippen MR) is 85.7 cm³/mol. The molecule has 5 nitrogen and oxygen atoms in total. The monoisotopic (exact) mass is 306 g/mol. The van der Waals surface area contributed by atoms with Crippen molar-refractivity contribution in [3.8, 4) is 5.75 Å². The molecule has 0 heterocycles. The Morgan fingerprint density at radius 2 is 2.23 bits per heavy atom. The summed E-state index contributed by atoms with van der Waals surface area (Å²) in [5.74, 6) is 0.578. The van der Waals surface area contributed by atoms with Gasteiger partial charge in [-0.25, -0.2) is 0 Å². The van der Waals surface area contributed by atoms with Crippen LogP contribution in [0.3, 0.4) is 0 Å². The van der Waals surface area contributed by atoms with Crippen LogP contribution in [0.4, 0.5) is 0 Å². The number of aliphatic hydroxyl groups is 1. The Balaban J connectivity index is 1.96. The van der Waals surface area contributed by atoms with Gasteiger partial charge in [-0.15, -0.1) is 0 Å². The summed E-state index contributed by atoms with van der Waals surface area (Å²) >= 11 is 0. The minimum atomic E-state index is -0.147. The summed E-state index contributed by atoms with van der Waals surface area (Å²) in [4.78, 5) is 11.3. The number of ether oxygens (including phenoxy) is 1. The quantitative estimate of drug-likeness (QED) is 0.713. The maximum absolute atomic E-state index is 11.3. The summed E-state index contributed by atoms with van der Waals surface area (Å²) in [6, 6.07) is 8.04. The lowest BCUT2D eigenvalue weighted by Crippen LogP contribution is -2.41. The highest BCUT2D eigenvalue weighted by atomic mass is 16.5. The van der Waals surface area contributed by atoms with E-state index < -0.39 is 0 Å². The van der Waals surface area contributed by atoms with Gasteiger partial charge >= 0.3 is 0 Å². The first kappa shape index (κ1) is 16.8. The minimum Gasteiger partial charge on any atom is -0.483 e. The van der Waals surface area contributed by atoms with Gasteiger partial charge in [0.2, 0.25) is 0 Å². The van der Waals surface area contributed by atoms with E-state index in [0.29, 0.717) is 12.6 Å². The summed E-state index contributed by atoms with van der Waals surface area (Å²) in [7, 11) is 1.59. The van der Waals surface area contributed by atoms with E-state index in [1.807, 2.05) is 24.3 Å². The Labute approximate surface area is 132 Å². The van der Waals surface area contributed by atoms with E-state index >= 15 is 0 Å². The van der Waals surface area contributed by atoms with Crippen LogP contribution in [0.25, 0.3) is 0 Å². The van der Waals surface area contributed by atoms with E-state index in [4.69, 9.17) is 4.74 Å². The lowest BCUT2D eigenvalue weighted by Gasteiger charge is -2.30. The zero-order valence-electron chi connectivity index (χ0n) is 13.4. The highest BCUT2D eigenvalue weighted by molar-refractivity contribution is 5.77. The van der Waals surface area contributed by atoms with Crippen LogP contribution in [0.1, 0.15) is 31.7 Å². The van der Waals surface area contributed by atoms with E-state index in [2.05, 4.69) is 17.6 Å². The number of likely N-dealkylation sites (N-methyl/N-ethyl adjacent to an activating group) is 1. The van der Waals surface area contributed by atoms with Gasteiger partial charge in [0, 0.05) is 37.2 Å². The topological polar surface area (TPSA) is 70.6 Å². The van der Waals surface area contributed by atoms with Crippen molar-refractivity contribution in [1.29, 1.82) is 0 Å². The molecule has 1 aliphatic carbocycles. The van der Waals surface area contributed by atoms with Gasteiger partial charge in [-0.2, -0.15) is 0 Å². The zero-order valence-corrected chi connectivity index (χ0v) is 13.4. The van der Waals surface area contributed by atoms with E-state index in [-0.39, 0.29) is 24.5 Å². The molecule has 2 rings (SSSR count). The van der Waals surface area contributed by atoms with Crippen LogP contribution in [0.15, 0.2) is 24.3 Å². The molecule has 2 atom stereocenters. The number of nitrogens with one attached hydrogen (secondary N) is 2. The highest BCUT2D eigenvalue weighted by Crippen LogP contribution is 2.37. The van der Waals surface area contributed by atoms with Gasteiger partial charge in [-0.05, 0) is 18.9 Å². The van der Waals surface area contributed by atoms with Gasteiger partial charge < -0.3 is 20.5 Å². The largest absolute Gasteiger partial charge is 0.483 e. The minimum absolute atomic E-state index is 0.0191. The fraction of sp³-hybridized carbons (Fsp3) is 0.588. The molecule has 0 aromatic heterocycles. The maximum atomic E-state index is 11.3. The number of carbonyl (C=O) groups excluding carboxylic acids is 1. The van der Waals surface area contributed by atoms with Gasteiger partial charge in [0.05, 0.1) is 0 Å². The second kappa shape index (κ2) is 7.61. The van der Waals surface area contributed by atoms with Crippen molar-refractivity contribution in [2.75, 3.05) is 20.3 Å². The molecule has 3 N–H and O–H groups in total. The summed E-state index contributed by atoms with van der Waals surface area (Å²) in [6.45, 7) is 3.03. The highest BCUT2D eigenvalue weighted by Gasteiger charge is 2.37. The van der Waals surface area contributed by atoms with Crippen LogP contribution >= 0.6 is 0 Å². The molecule has 0 bridgehead atoms. The van der Waals surface area contributed by atoms with E-state index in [1.165, 1.54) is 0 Å². The van der Waals surface area contributed by atoms with E-state index in [9.17, 15) is 9.90 Å². The Hall–Kier alpha value is -1.59. The lowest BCUT2D eigenvalue weighted by molar-refractivity contribution is -0.122. The van der Waals surface area contributed by atoms with E-state index in [0.717, 1.165) is 30.6 Å². The smallest absolute Gasteiger partial charge is 0.257 e. The Morgan fingerprint density at radius 3 is 2.95 bits per heavy atom. The number of benzene rings is 1. The lowest BCUT2D eigenvalue weighted by atomic mass is 9.85. The molecule has 1 aromatic carbocycles. The average molecular weight is 306 g/mol. The fourth-order valence-electron chi connectivity index (χ4n) is 3.01. The number of para-hydroxylation sites is 1. The molecule has 1 aromatic rings. The molecule has 0 saturated heterocycles. The van der Waals surface area contributed by atoms with Crippen LogP contribution < -0.4 is 15.4 Å². The van der Waals surface area contributed by atoms with Crippen LogP contribution in [-0.2, 0) is 11.3 Å². The second-order valence-corrected chi connectivity index (χ2v) is 6.21. The fourth-order valence-corrected chi connectivity index (χ4v) is 3.01. The molecule has 5 heteroatoms. The normalized spacial score (nSPS) is 24.2. The standard InChI is InChI=1S/C17H26N2O3/c1-17(12-20)9-5-8-15(17)19-10-13-6-3-4-7-14(13)22-11-16(21)18-2/h3-4,6-7,15,19-20H,5,8-12H2,1-2H3,(H,18,21). The third-order valence-corrected chi connectivity index (χ3v) is 4.59. The summed E-state index contributed by atoms with van der Waals surface area (Å²) < 4.78 is 5.58. The Morgan fingerprint density at radius 1 is 1.45 bits per heavy atom. The molecule has 1 amide bonds. The molecule has 0 radical (unpaired) electrons. The number of hydrogen-bond acceptors (Lipinski definition) is 4. The van der Waals surface area contributed by atoms with Crippen LogP contribution in [0.5, 0.6) is 5.75 Å². The number of aliphatic hydroxyl groups excluding tert-OH is 1. The molecule has 1 saturated carbocycles. The van der Waals surface area contributed by atoms with Crippen molar-refractivity contribution in [1.82, 2.24) is 10.6 Å². The third kappa shape index (κ3) is 3.99. The van der Waals surface area contributed by atoms with Crippen LogP contribution in [0, 0.1) is 5.41 Å². The molecule has 0 aliphatic heterocycles. The zero-order chi connectivity index (χ0) is 16.0. The van der Waals surface area contributed by atoms with Gasteiger partial charge in [0.25, 0.3) is 5.91 Å². The molecule has 1 fully saturated rings. The van der Waals surface area contributed by atoms with Crippen LogP contribution in [0.2, 0.25) is 0 Å². The first-order valence-electron chi connectivity index (χ1n) is 7.84. The second-order valence-electron chi connectivity index (χ2n) is 6.21. The summed E-state index contributed by atoms with van der Waals surface area (Å²) in [5.41, 5.74) is 0.983. The van der Waals surface area contributed by atoms with Crippen molar-refractivity contribution < 1.29 is 14.6 Å². The Kier molecular flexibility index (Phi) is 5.80. The molecular formula is C17H26N2O3. The molecule has 22 heavy (non-hydrogen) atoms. The van der Waals surface area contributed by atoms with E-state index in [1.54, 1.807) is 7.05 Å². The first-order valence-corrected chi connectivity index (χ1v) is 7.84. The van der Waals surface area contributed by atoms with Crippen molar-refractivity contribution in [2.24, 2.45) is 5.41 Å². The third-order valence-electron chi connectivity index (χ3n) is 4.59. The molecule has 0 spiro atoms. The summed E-state index contributed by atoms with van der Waals surface area (Å²) in [6.07, 6.45) is 3.28. The van der Waals surface area contributed by atoms with Crippen LogP contribution in [-0.4, -0.2) is 37.3 Å². The van der Waals surface area contributed by atoms with Gasteiger partial charge in [0.1, 0.15) is 5.75 Å². The van der Waals surface area contributed by atoms with Crippen molar-refractivity contribution >= 4 is 5.91 Å². The SMILES string of the molecule is CNC(=O)COc1ccccc1CNC1CCCC1(C)CO. The van der Waals surface area contributed by atoms with Crippen molar-refractivity contribution in [2.45, 2.75) is 38.8 Å². The Bertz CT molecular complexity index is 506. The summed E-state index contributed by atoms with van der Waals surface area (Å²) in [5, 5.41) is 15.7. The van der Waals surface area contributed by atoms with Crippen molar-refractivity contribution in [3.63, 3.8) is 0 Å². The maximum Gasteiger partial charge on any atom is 0.257 e. The van der Waals surface area contributed by atoms with Gasteiger partial charge in [0.15, 0.2) is 6.61 Å². The molecule has 2 unspecified atom stereocenters. The molecular weight excluding hydrogens is 280 g/mol. The van der Waals surface area contributed by atoms with Gasteiger partial charge in [-0.1, -0.05) is 31.5 Å². The number of rotatable bonds is 7. The average Bonchev–Trinajstić information content (AvgIpc) is 2.92. The van der Waals surface area contributed by atoms with Crippen molar-refractivity contribution in [3.05, 3.63) is 29.8 Å².